The predicted molar refractivity (Wildman–Crippen MR) is 558 cm³/mol. The van der Waals surface area contributed by atoms with Gasteiger partial charge >= 0.3 is 0 Å². The third kappa shape index (κ3) is 12.0. The van der Waals surface area contributed by atoms with Crippen LogP contribution in [0.5, 0.6) is 11.5 Å². The molecule has 0 N–H and O–H groups in total. The summed E-state index contributed by atoms with van der Waals surface area (Å²) in [6.45, 7) is -2.04. The lowest BCUT2D eigenvalue weighted by Gasteiger charge is -2.53. The first kappa shape index (κ1) is 67.8. The largest absolute Gasteiger partial charge is 0.453 e. The Kier molecular flexibility index (Phi) is 15.6. The maximum absolute atomic E-state index is 10.0. The van der Waals surface area contributed by atoms with Crippen LogP contribution in [-0.4, -0.2) is 20.1 Å². The maximum atomic E-state index is 10.0. The topological polar surface area (TPSA) is 38.4 Å². The lowest BCUT2D eigenvalue weighted by atomic mass is 9.27. The fourth-order valence-corrected chi connectivity index (χ4v) is 22.0. The molecule has 0 spiro atoms. The summed E-state index contributed by atoms with van der Waals surface area (Å²) in [5, 5.41) is 0. The van der Waals surface area contributed by atoms with Crippen molar-refractivity contribution < 1.29 is 15.7 Å². The van der Waals surface area contributed by atoms with Gasteiger partial charge in [0.25, 0.3) is 20.1 Å². The van der Waals surface area contributed by atoms with Crippen LogP contribution < -0.4 is 98.0 Å². The van der Waals surface area contributed by atoms with Crippen LogP contribution in [0.1, 0.15) is 11.0 Å². The second-order valence-electron chi connectivity index (χ2n) is 34.5. The van der Waals surface area contributed by atoms with E-state index in [0.29, 0.717) is 39.9 Å². The highest BCUT2D eigenvalue weighted by Gasteiger charge is 2.56. The molecule has 620 valence electrons. The molecule has 0 atom stereocenters. The standard InChI is InChI=1S/C120H80B3N9O/c1-14-40-81(41-15-1)82-70-109-115-110(71-82)130(93-62-36-12-37-63-93)107-79-108-102(78-101(107)121(115)99-72-95(66-68-105(99)128(109)91-58-32-10-33-59-91)124(83-42-16-2-17-43-83)84-44-18-3-19-45-84)123-104-75-98(127(89-54-28-8-29-55-89)90-56-30-9-31-57-90)77-114-119(104)132-118-103(74-97(76-113(118)133-114)126(87-50-24-6-25-51-87)88-52-26-7-27-53-88)122-100-73-96(125(85-46-20-4-21-47-85)86-48-22-5-23-49-86)67-69-106(100)129(92-60-34-11-35-61-92)111-80-112(117(123)120(132)116(111)122)131(108)94-64-38-13-39-65-94/h1-80H/i32D,33D,34D,35D,36D,37D,38D,39D. The number of fused-ring (bicyclic) bond motifs is 10. The molecular weight excluding hydrogens is 1620 g/mol. The molecule has 0 amide bonds. The molecule has 0 unspecified atom stereocenters. The fraction of sp³-hybridized carbons (Fsp3) is 0. The van der Waals surface area contributed by atoms with Crippen molar-refractivity contribution >= 4 is 223 Å². The Bertz CT molecular complexity index is 8300. The third-order valence-corrected chi connectivity index (χ3v) is 27.2. The number of nitrogens with zero attached hydrogens (tertiary/aromatic N) is 9. The number of para-hydroxylation sites is 12. The van der Waals surface area contributed by atoms with Gasteiger partial charge in [0, 0.05) is 154 Å². The number of anilines is 27. The zero-order valence-corrected chi connectivity index (χ0v) is 71.7. The number of rotatable bonds is 17. The van der Waals surface area contributed by atoms with E-state index in [0.717, 1.165) is 185 Å². The van der Waals surface area contributed by atoms with Gasteiger partial charge in [0.1, 0.15) is 0 Å². The van der Waals surface area contributed by atoms with E-state index >= 15 is 0 Å². The molecule has 0 saturated heterocycles. The SMILES string of the molecule is [2H]c1cc([2H])cc(N2c3ccc(N(c4ccccc4)c4ccccc4)cc3B3c4cc5c(cc4N(c4cc([2H])cc([2H])c4)c4cc(-c6ccccc6)cc2c43)N(c2cc([2H])cc([2H])c2)c2cc3c4c6c2B5c2cc(N(c5ccccc5)c5ccccc5)cc5c2N6c2c(cc(N(c6ccccc6)c6ccccc6)cc2B4c2cc(N(c4ccccc4)c4ccccc4)ccc2N3c2cc([2H])cc([2H])c2)O5)c1. The van der Waals surface area contributed by atoms with Crippen molar-refractivity contribution in [2.24, 2.45) is 0 Å². The van der Waals surface area contributed by atoms with Gasteiger partial charge in [-0.3, -0.25) is 0 Å². The highest BCUT2D eigenvalue weighted by Crippen LogP contribution is 2.60. The van der Waals surface area contributed by atoms with Gasteiger partial charge in [-0.2, -0.15) is 0 Å². The van der Waals surface area contributed by atoms with Crippen LogP contribution >= 0.6 is 0 Å². The lowest BCUT2D eigenvalue weighted by Crippen LogP contribution is -2.69. The van der Waals surface area contributed by atoms with Crippen LogP contribution in [-0.2, 0) is 0 Å². The number of hydrogen-bond donors (Lipinski definition) is 0. The molecule has 0 fully saturated rings. The molecule has 20 aromatic carbocycles. The van der Waals surface area contributed by atoms with Crippen LogP contribution in [0.25, 0.3) is 11.1 Å². The summed E-state index contributed by atoms with van der Waals surface area (Å²) < 4.78 is 86.6. The normalized spacial score (nSPS) is 13.9. The Hall–Kier alpha value is -17.4. The molecule has 0 aromatic heterocycles. The second kappa shape index (κ2) is 30.7. The average molecular weight is 1700 g/mol. The molecule has 7 heterocycles. The molecule has 0 saturated carbocycles. The quantitative estimate of drug-likeness (QED) is 0.0823. The van der Waals surface area contributed by atoms with Crippen LogP contribution in [0, 0.1) is 0 Å². The number of benzene rings is 20. The summed E-state index contributed by atoms with van der Waals surface area (Å²) in [5.41, 5.74) is 32.0. The van der Waals surface area contributed by atoms with Gasteiger partial charge < -0.3 is 48.8 Å². The van der Waals surface area contributed by atoms with Gasteiger partial charge in [0.05, 0.1) is 22.3 Å². The molecular formula is C120H80B3N9O. The Morgan fingerprint density at radius 3 is 0.767 bits per heavy atom. The third-order valence-electron chi connectivity index (χ3n) is 27.2. The summed E-state index contributed by atoms with van der Waals surface area (Å²) in [5.74, 6) is 1.20. The minimum atomic E-state index is -0.744. The van der Waals surface area contributed by atoms with Gasteiger partial charge in [-0.1, -0.05) is 255 Å². The van der Waals surface area contributed by atoms with E-state index in [1.54, 1.807) is 24.3 Å². The van der Waals surface area contributed by atoms with Gasteiger partial charge in [-0.15, -0.1) is 0 Å². The van der Waals surface area contributed by atoms with Crippen molar-refractivity contribution in [2.75, 3.05) is 44.1 Å². The molecule has 7 aliphatic heterocycles. The monoisotopic (exact) mass is 1700 g/mol. The molecule has 10 nitrogen and oxygen atoms in total. The van der Waals surface area contributed by atoms with Crippen molar-refractivity contribution in [3.8, 4) is 22.6 Å². The maximum Gasteiger partial charge on any atom is 0.252 e. The van der Waals surface area contributed by atoms with E-state index in [1.807, 2.05) is 103 Å². The minimum absolute atomic E-state index is 0.123. The average Bonchev–Trinajstić information content (AvgIpc) is 0.653. The first-order valence-electron chi connectivity index (χ1n) is 49.1. The Morgan fingerprint density at radius 2 is 0.444 bits per heavy atom. The predicted octanol–water partition coefficient (Wildman–Crippen LogP) is 26.1. The summed E-state index contributed by atoms with van der Waals surface area (Å²) in [7, 11) is 0. The summed E-state index contributed by atoms with van der Waals surface area (Å²) >= 11 is 0. The van der Waals surface area contributed by atoms with E-state index in [9.17, 15) is 11.0 Å². The van der Waals surface area contributed by atoms with Crippen LogP contribution in [0.2, 0.25) is 0 Å². The van der Waals surface area contributed by atoms with Crippen LogP contribution in [0.4, 0.5) is 154 Å². The molecule has 7 aliphatic rings. The zero-order chi connectivity index (χ0) is 94.3. The van der Waals surface area contributed by atoms with Gasteiger partial charge in [-0.05, 0) is 279 Å². The van der Waals surface area contributed by atoms with E-state index in [4.69, 9.17) is 4.74 Å². The van der Waals surface area contributed by atoms with Crippen molar-refractivity contribution in [2.45, 2.75) is 0 Å². The van der Waals surface area contributed by atoms with Gasteiger partial charge in [0.2, 0.25) is 0 Å². The summed E-state index contributed by atoms with van der Waals surface area (Å²) in [6.07, 6.45) is 0. The number of ether oxygens (including phenoxy) is 1. The Morgan fingerprint density at radius 1 is 0.180 bits per heavy atom. The van der Waals surface area contributed by atoms with E-state index < -0.39 is 20.1 Å². The fourth-order valence-electron chi connectivity index (χ4n) is 22.0. The zero-order valence-electron chi connectivity index (χ0n) is 79.7. The first-order chi connectivity index (χ1) is 69.2. The molecule has 133 heavy (non-hydrogen) atoms. The molecule has 0 radical (unpaired) electrons. The van der Waals surface area contributed by atoms with E-state index in [1.165, 1.54) is 0 Å². The highest BCUT2D eigenvalue weighted by atomic mass is 16.5. The van der Waals surface area contributed by atoms with Gasteiger partial charge in [0.15, 0.2) is 11.5 Å². The minimum Gasteiger partial charge on any atom is -0.453 e. The van der Waals surface area contributed by atoms with E-state index in [2.05, 4.69) is 353 Å². The van der Waals surface area contributed by atoms with Crippen molar-refractivity contribution in [3.63, 3.8) is 0 Å². The molecule has 27 rings (SSSR count). The van der Waals surface area contributed by atoms with E-state index in [-0.39, 0.29) is 48.3 Å². The molecule has 0 aliphatic carbocycles. The lowest BCUT2D eigenvalue weighted by molar-refractivity contribution is 0.478. The second-order valence-corrected chi connectivity index (χ2v) is 34.5. The van der Waals surface area contributed by atoms with Crippen LogP contribution in [0.15, 0.2) is 485 Å². The van der Waals surface area contributed by atoms with Crippen LogP contribution in [0.3, 0.4) is 0 Å². The summed E-state index contributed by atoms with van der Waals surface area (Å²) in [6, 6.07) is 151. The molecule has 20 aromatic rings. The highest BCUT2D eigenvalue weighted by molar-refractivity contribution is 7.06. The first-order valence-corrected chi connectivity index (χ1v) is 45.1. The molecule has 13 heteroatoms. The number of hydrogen-bond acceptors (Lipinski definition) is 10. The van der Waals surface area contributed by atoms with Crippen molar-refractivity contribution in [1.82, 2.24) is 0 Å². The molecule has 0 bridgehead atoms. The van der Waals surface area contributed by atoms with Crippen molar-refractivity contribution in [3.05, 3.63) is 485 Å². The Labute approximate surface area is 785 Å². The Balaban J connectivity index is 0.820. The van der Waals surface area contributed by atoms with Crippen molar-refractivity contribution in [1.29, 1.82) is 0 Å². The smallest absolute Gasteiger partial charge is 0.252 e. The van der Waals surface area contributed by atoms with Gasteiger partial charge in [-0.25, -0.2) is 0 Å². The summed E-state index contributed by atoms with van der Waals surface area (Å²) in [4.78, 5) is 20.8.